The molecule has 1 aliphatic heterocycles. The molecule has 0 unspecified atom stereocenters. The van der Waals surface area contributed by atoms with E-state index < -0.39 is 0 Å². The van der Waals surface area contributed by atoms with Crippen LogP contribution in [0.25, 0.3) is 0 Å². The molecule has 3 aromatic heterocycles. The summed E-state index contributed by atoms with van der Waals surface area (Å²) in [5.74, 6) is 2.68. The topological polar surface area (TPSA) is 83.7 Å². The number of piperidine rings is 1. The molecular formula is C16H18N6S2. The molecule has 0 aliphatic carbocycles. The predicted octanol–water partition coefficient (Wildman–Crippen LogP) is 3.38. The number of imidazole rings is 1. The summed E-state index contributed by atoms with van der Waals surface area (Å²) in [6, 6.07) is 6.16. The molecule has 0 aromatic carbocycles. The van der Waals surface area contributed by atoms with Gasteiger partial charge in [0.05, 0.1) is 4.21 Å². The summed E-state index contributed by atoms with van der Waals surface area (Å²) in [6.45, 7) is 1.88. The predicted molar refractivity (Wildman–Crippen MR) is 97.7 cm³/mol. The van der Waals surface area contributed by atoms with Crippen molar-refractivity contribution in [2.45, 2.75) is 28.0 Å². The van der Waals surface area contributed by atoms with Crippen LogP contribution in [-0.4, -0.2) is 33.0 Å². The smallest absolute Gasteiger partial charge is 0.223 e. The van der Waals surface area contributed by atoms with Gasteiger partial charge in [-0.1, -0.05) is 17.8 Å². The Kier molecular flexibility index (Phi) is 4.40. The van der Waals surface area contributed by atoms with Gasteiger partial charge in [0.2, 0.25) is 5.95 Å². The third kappa shape index (κ3) is 3.39. The molecule has 4 rings (SSSR count). The molecule has 0 radical (unpaired) electrons. The lowest BCUT2D eigenvalue weighted by atomic mass is 9.97. The first-order chi connectivity index (χ1) is 11.8. The highest BCUT2D eigenvalue weighted by atomic mass is 32.2. The number of aromatic nitrogens is 4. The summed E-state index contributed by atoms with van der Waals surface area (Å²) in [5.41, 5.74) is 5.95. The fraction of sp³-hybridized carbons (Fsp3) is 0.312. The van der Waals surface area contributed by atoms with E-state index >= 15 is 0 Å². The molecule has 0 spiro atoms. The first kappa shape index (κ1) is 15.5. The number of hydrogen-bond donors (Lipinski definition) is 2. The third-order valence-electron chi connectivity index (χ3n) is 4.06. The van der Waals surface area contributed by atoms with Crippen molar-refractivity contribution in [3.63, 3.8) is 0 Å². The molecule has 124 valence electrons. The first-order valence-electron chi connectivity index (χ1n) is 7.88. The van der Waals surface area contributed by atoms with Gasteiger partial charge in [-0.05, 0) is 24.3 Å². The van der Waals surface area contributed by atoms with Gasteiger partial charge in [0, 0.05) is 37.5 Å². The van der Waals surface area contributed by atoms with Crippen LogP contribution in [0.15, 0.2) is 45.2 Å². The SMILES string of the molecule is Nc1nc(Sc2cccs2)cc(N2CCC[C@@H](c3ncc[nH]3)C2)n1. The van der Waals surface area contributed by atoms with Gasteiger partial charge in [-0.25, -0.2) is 9.97 Å². The number of nitrogens with zero attached hydrogens (tertiary/aromatic N) is 4. The number of anilines is 2. The maximum atomic E-state index is 5.95. The summed E-state index contributed by atoms with van der Waals surface area (Å²) in [7, 11) is 0. The van der Waals surface area contributed by atoms with Gasteiger partial charge in [-0.2, -0.15) is 4.98 Å². The van der Waals surface area contributed by atoms with Crippen molar-refractivity contribution in [3.8, 4) is 0 Å². The Bertz CT molecular complexity index is 787. The second-order valence-electron chi connectivity index (χ2n) is 5.72. The Morgan fingerprint density at radius 1 is 1.38 bits per heavy atom. The quantitative estimate of drug-likeness (QED) is 0.696. The van der Waals surface area contributed by atoms with E-state index in [0.717, 1.165) is 42.6 Å². The minimum absolute atomic E-state index is 0.326. The summed E-state index contributed by atoms with van der Waals surface area (Å²) < 4.78 is 1.20. The molecule has 1 aliphatic rings. The summed E-state index contributed by atoms with van der Waals surface area (Å²) >= 11 is 3.33. The molecule has 3 N–H and O–H groups in total. The van der Waals surface area contributed by atoms with Crippen LogP contribution < -0.4 is 10.6 Å². The van der Waals surface area contributed by atoms with Gasteiger partial charge < -0.3 is 15.6 Å². The van der Waals surface area contributed by atoms with Crippen molar-refractivity contribution >= 4 is 34.9 Å². The highest BCUT2D eigenvalue weighted by Crippen LogP contribution is 2.33. The van der Waals surface area contributed by atoms with Gasteiger partial charge in [0.25, 0.3) is 0 Å². The van der Waals surface area contributed by atoms with E-state index in [4.69, 9.17) is 5.73 Å². The number of nitrogens with two attached hydrogens (primary N) is 1. The van der Waals surface area contributed by atoms with Crippen LogP contribution in [0.2, 0.25) is 0 Å². The lowest BCUT2D eigenvalue weighted by molar-refractivity contribution is 0.491. The zero-order valence-electron chi connectivity index (χ0n) is 13.1. The Labute approximate surface area is 148 Å². The van der Waals surface area contributed by atoms with Crippen molar-refractivity contribution in [2.75, 3.05) is 23.7 Å². The zero-order valence-corrected chi connectivity index (χ0v) is 14.7. The average Bonchev–Trinajstić information content (AvgIpc) is 3.28. The number of nitrogen functional groups attached to an aromatic ring is 1. The lowest BCUT2D eigenvalue weighted by Crippen LogP contribution is -2.35. The van der Waals surface area contributed by atoms with Crippen molar-refractivity contribution < 1.29 is 0 Å². The lowest BCUT2D eigenvalue weighted by Gasteiger charge is -2.32. The van der Waals surface area contributed by atoms with E-state index in [1.165, 1.54) is 4.21 Å². The molecule has 0 amide bonds. The van der Waals surface area contributed by atoms with Gasteiger partial charge >= 0.3 is 0 Å². The minimum Gasteiger partial charge on any atom is -0.368 e. The average molecular weight is 358 g/mol. The highest BCUT2D eigenvalue weighted by Gasteiger charge is 2.24. The molecule has 6 nitrogen and oxygen atoms in total. The molecular weight excluding hydrogens is 340 g/mol. The molecule has 1 atom stereocenters. The summed E-state index contributed by atoms with van der Waals surface area (Å²) in [4.78, 5) is 18.7. The number of rotatable bonds is 4. The van der Waals surface area contributed by atoms with Crippen molar-refractivity contribution in [1.29, 1.82) is 0 Å². The first-order valence-corrected chi connectivity index (χ1v) is 9.58. The van der Waals surface area contributed by atoms with E-state index in [0.29, 0.717) is 11.9 Å². The normalized spacial score (nSPS) is 18.0. The number of nitrogens with one attached hydrogen (secondary N) is 1. The van der Waals surface area contributed by atoms with Crippen LogP contribution in [0.5, 0.6) is 0 Å². The van der Waals surface area contributed by atoms with Crippen molar-refractivity contribution in [1.82, 2.24) is 19.9 Å². The number of thiophene rings is 1. The standard InChI is InChI=1S/C16H18N6S2/c17-16-20-12(9-13(21-16)24-14-4-2-8-23-14)22-7-1-3-11(10-22)15-18-5-6-19-15/h2,4-6,8-9,11H,1,3,7,10H2,(H,18,19)(H2,17,20,21)/t11-/m1/s1. The fourth-order valence-electron chi connectivity index (χ4n) is 2.98. The van der Waals surface area contributed by atoms with E-state index in [2.05, 4.69) is 36.3 Å². The largest absolute Gasteiger partial charge is 0.368 e. The van der Waals surface area contributed by atoms with E-state index in [9.17, 15) is 0 Å². The summed E-state index contributed by atoms with van der Waals surface area (Å²) in [6.07, 6.45) is 5.95. The Morgan fingerprint density at radius 3 is 3.12 bits per heavy atom. The Morgan fingerprint density at radius 2 is 2.33 bits per heavy atom. The van der Waals surface area contributed by atoms with Crippen molar-refractivity contribution in [2.24, 2.45) is 0 Å². The number of hydrogen-bond acceptors (Lipinski definition) is 7. The van der Waals surface area contributed by atoms with Gasteiger partial charge in [0.1, 0.15) is 16.7 Å². The molecule has 0 bridgehead atoms. The van der Waals surface area contributed by atoms with Gasteiger partial charge in [0.15, 0.2) is 0 Å². The molecule has 3 aromatic rings. The maximum absolute atomic E-state index is 5.95. The van der Waals surface area contributed by atoms with E-state index in [1.54, 1.807) is 23.1 Å². The molecule has 1 fully saturated rings. The van der Waals surface area contributed by atoms with Crippen molar-refractivity contribution in [3.05, 3.63) is 41.8 Å². The molecule has 8 heteroatoms. The third-order valence-corrected chi connectivity index (χ3v) is 6.01. The van der Waals surface area contributed by atoms with Crippen LogP contribution in [-0.2, 0) is 0 Å². The zero-order chi connectivity index (χ0) is 16.4. The number of aromatic amines is 1. The van der Waals surface area contributed by atoms with Crippen LogP contribution in [0.1, 0.15) is 24.6 Å². The van der Waals surface area contributed by atoms with Crippen LogP contribution in [0, 0.1) is 0 Å². The molecule has 0 saturated carbocycles. The fourth-order valence-corrected chi connectivity index (χ4v) is 4.70. The number of H-pyrrole nitrogens is 1. The van der Waals surface area contributed by atoms with Crippen LogP contribution in [0.4, 0.5) is 11.8 Å². The molecule has 24 heavy (non-hydrogen) atoms. The second kappa shape index (κ2) is 6.82. The van der Waals surface area contributed by atoms with Gasteiger partial charge in [-0.3, -0.25) is 0 Å². The Hall–Kier alpha value is -2.06. The molecule has 1 saturated heterocycles. The second-order valence-corrected chi connectivity index (χ2v) is 7.98. The van der Waals surface area contributed by atoms with E-state index in [1.807, 2.05) is 24.5 Å². The van der Waals surface area contributed by atoms with Gasteiger partial charge in [-0.15, -0.1) is 11.3 Å². The van der Waals surface area contributed by atoms with Crippen LogP contribution in [0.3, 0.4) is 0 Å². The summed E-state index contributed by atoms with van der Waals surface area (Å²) in [5, 5.41) is 2.95. The minimum atomic E-state index is 0.326. The van der Waals surface area contributed by atoms with E-state index in [-0.39, 0.29) is 0 Å². The van der Waals surface area contributed by atoms with Crippen LogP contribution >= 0.6 is 23.1 Å². The maximum Gasteiger partial charge on any atom is 0.223 e. The highest BCUT2D eigenvalue weighted by molar-refractivity contribution is 8.01. The molecule has 4 heterocycles. The Balaban J connectivity index is 1.55. The monoisotopic (exact) mass is 358 g/mol.